The molecule has 0 heterocycles. The molecule has 0 radical (unpaired) electrons. The second-order valence-corrected chi connectivity index (χ2v) is 8.89. The van der Waals surface area contributed by atoms with Gasteiger partial charge in [-0.3, -0.25) is 4.79 Å². The van der Waals surface area contributed by atoms with E-state index in [0.29, 0.717) is 5.56 Å². The number of carbonyl (C=O) groups excluding carboxylic acids is 1. The van der Waals surface area contributed by atoms with Gasteiger partial charge in [0, 0.05) is 23.7 Å². The van der Waals surface area contributed by atoms with Gasteiger partial charge in [0.2, 0.25) is 0 Å². The van der Waals surface area contributed by atoms with E-state index in [-0.39, 0.29) is 45.9 Å². The Bertz CT molecular complexity index is 969. The Labute approximate surface area is 182 Å². The molecule has 0 aromatic heterocycles. The van der Waals surface area contributed by atoms with E-state index in [9.17, 15) is 18.7 Å². The van der Waals surface area contributed by atoms with Crippen LogP contribution in [0.5, 0.6) is 5.75 Å². The number of halogens is 4. The smallest absolute Gasteiger partial charge is 0.258 e. The molecule has 0 unspecified atom stereocenters. The van der Waals surface area contributed by atoms with Crippen molar-refractivity contribution < 1.29 is 23.4 Å². The summed E-state index contributed by atoms with van der Waals surface area (Å²) in [5.74, 6) is -1.22. The van der Waals surface area contributed by atoms with Crippen LogP contribution in [0.4, 0.5) is 8.78 Å². The summed E-state index contributed by atoms with van der Waals surface area (Å²) in [7, 11) is 0. The summed E-state index contributed by atoms with van der Waals surface area (Å²) in [6, 6.07) is 8.23. The largest absolute Gasteiger partial charge is 0.484 e. The summed E-state index contributed by atoms with van der Waals surface area (Å²) in [5, 5.41) is 16.6. The van der Waals surface area contributed by atoms with Crippen molar-refractivity contribution in [3.8, 4) is 5.75 Å². The lowest BCUT2D eigenvalue weighted by Gasteiger charge is -2.70. The van der Waals surface area contributed by atoms with Crippen molar-refractivity contribution in [2.24, 2.45) is 0 Å². The number of nitrogens with one attached hydrogen (secondary N) is 2. The third kappa shape index (κ3) is 4.25. The Kier molecular flexibility index (Phi) is 5.66. The summed E-state index contributed by atoms with van der Waals surface area (Å²) in [6.45, 7) is 0.0560. The molecule has 160 valence electrons. The predicted octanol–water partition coefficient (Wildman–Crippen LogP) is 3.76. The van der Waals surface area contributed by atoms with Crippen LogP contribution in [0.25, 0.3) is 0 Å². The second-order valence-electron chi connectivity index (χ2n) is 8.07. The average molecular weight is 457 g/mol. The van der Waals surface area contributed by atoms with Gasteiger partial charge in [-0.15, -0.1) is 0 Å². The number of benzene rings is 2. The van der Waals surface area contributed by atoms with Crippen molar-refractivity contribution in [1.82, 2.24) is 10.6 Å². The van der Waals surface area contributed by atoms with Gasteiger partial charge in [-0.2, -0.15) is 0 Å². The van der Waals surface area contributed by atoms with E-state index in [4.69, 9.17) is 27.9 Å². The highest BCUT2D eigenvalue weighted by Gasteiger charge is 2.68. The molecule has 3 saturated carbocycles. The van der Waals surface area contributed by atoms with E-state index in [1.54, 1.807) is 6.07 Å². The summed E-state index contributed by atoms with van der Waals surface area (Å²) >= 11 is 11.3. The average Bonchev–Trinajstić information content (AvgIpc) is 2.65. The van der Waals surface area contributed by atoms with Gasteiger partial charge in [0.05, 0.1) is 16.1 Å². The second kappa shape index (κ2) is 7.96. The maximum atomic E-state index is 13.5. The third-order valence-electron chi connectivity index (χ3n) is 5.69. The van der Waals surface area contributed by atoms with Crippen LogP contribution < -0.4 is 15.4 Å². The zero-order chi connectivity index (χ0) is 21.5. The number of β-amino-alcohol motifs (C(OH)–C–C–N with tert-alkyl or cyclic N) is 1. The number of amides is 1. The first kappa shape index (κ1) is 21.3. The maximum absolute atomic E-state index is 13.5. The van der Waals surface area contributed by atoms with Crippen molar-refractivity contribution in [1.29, 1.82) is 0 Å². The van der Waals surface area contributed by atoms with Gasteiger partial charge in [0.25, 0.3) is 5.91 Å². The van der Waals surface area contributed by atoms with E-state index < -0.39 is 17.7 Å². The highest BCUT2D eigenvalue weighted by molar-refractivity contribution is 6.31. The molecule has 1 amide bonds. The first-order chi connectivity index (χ1) is 14.2. The van der Waals surface area contributed by atoms with E-state index >= 15 is 0 Å². The molecular formula is C21H20Cl2F2N2O3. The normalized spacial score (nSPS) is 25.1. The van der Waals surface area contributed by atoms with Crippen molar-refractivity contribution >= 4 is 29.1 Å². The van der Waals surface area contributed by atoms with E-state index in [1.807, 2.05) is 0 Å². The number of hydrogen-bond acceptors (Lipinski definition) is 4. The van der Waals surface area contributed by atoms with Gasteiger partial charge in [-0.25, -0.2) is 8.78 Å². The Morgan fingerprint density at radius 2 is 1.70 bits per heavy atom. The third-order valence-corrected chi connectivity index (χ3v) is 6.31. The number of aliphatic hydroxyl groups excluding tert-OH is 1. The molecule has 2 aromatic carbocycles. The van der Waals surface area contributed by atoms with Crippen molar-refractivity contribution in [3.05, 3.63) is 63.6 Å². The van der Waals surface area contributed by atoms with Gasteiger partial charge in [0.15, 0.2) is 6.61 Å². The number of aliphatic hydroxyl groups is 1. The van der Waals surface area contributed by atoms with Crippen LogP contribution in [0.2, 0.25) is 10.0 Å². The SMILES string of the molecule is O=C(COc1ccc(Cl)c(F)c1)NC12CC(NC[C@@H](O)c3ccc(Cl)c(F)c3)(C1)C2. The molecule has 3 aliphatic rings. The van der Waals surface area contributed by atoms with Gasteiger partial charge in [-0.05, 0) is 49.1 Å². The van der Waals surface area contributed by atoms with Crippen LogP contribution in [-0.4, -0.2) is 35.2 Å². The van der Waals surface area contributed by atoms with Gasteiger partial charge in [-0.1, -0.05) is 29.3 Å². The molecule has 0 saturated heterocycles. The maximum Gasteiger partial charge on any atom is 0.258 e. The molecule has 0 aliphatic heterocycles. The summed E-state index contributed by atoms with van der Waals surface area (Å²) < 4.78 is 32.2. The minimum absolute atomic E-state index is 0.00946. The molecule has 3 aliphatic carbocycles. The van der Waals surface area contributed by atoms with Crippen molar-refractivity contribution in [2.75, 3.05) is 13.2 Å². The van der Waals surface area contributed by atoms with E-state index in [1.165, 1.54) is 24.3 Å². The lowest BCUT2D eigenvalue weighted by Crippen LogP contribution is -2.83. The molecule has 2 aromatic rings. The van der Waals surface area contributed by atoms with E-state index in [0.717, 1.165) is 25.3 Å². The fraction of sp³-hybridized carbons (Fsp3) is 0.381. The molecule has 1 atom stereocenters. The quantitative estimate of drug-likeness (QED) is 0.565. The van der Waals surface area contributed by atoms with Crippen LogP contribution >= 0.6 is 23.2 Å². The number of hydrogen-bond donors (Lipinski definition) is 3. The van der Waals surface area contributed by atoms with Crippen LogP contribution in [0.15, 0.2) is 36.4 Å². The minimum Gasteiger partial charge on any atom is -0.484 e. The molecule has 0 spiro atoms. The lowest BCUT2D eigenvalue weighted by atomic mass is 9.44. The number of carbonyl (C=O) groups is 1. The minimum atomic E-state index is -0.857. The lowest BCUT2D eigenvalue weighted by molar-refractivity contribution is -0.144. The van der Waals surface area contributed by atoms with Gasteiger partial charge < -0.3 is 20.5 Å². The molecule has 3 fully saturated rings. The van der Waals surface area contributed by atoms with Crippen LogP contribution in [-0.2, 0) is 4.79 Å². The summed E-state index contributed by atoms with van der Waals surface area (Å²) in [5.41, 5.74) is 0.0601. The monoisotopic (exact) mass is 456 g/mol. The first-order valence-corrected chi connectivity index (χ1v) is 10.2. The number of ether oxygens (including phenoxy) is 1. The van der Waals surface area contributed by atoms with Crippen molar-refractivity contribution in [2.45, 2.75) is 36.4 Å². The highest BCUT2D eigenvalue weighted by Crippen LogP contribution is 2.60. The molecule has 5 rings (SSSR count). The summed E-state index contributed by atoms with van der Waals surface area (Å²) in [6.07, 6.45) is 1.36. The zero-order valence-electron chi connectivity index (χ0n) is 15.9. The highest BCUT2D eigenvalue weighted by atomic mass is 35.5. The Hall–Kier alpha value is -1.93. The Morgan fingerprint density at radius 3 is 2.33 bits per heavy atom. The predicted molar refractivity (Wildman–Crippen MR) is 109 cm³/mol. The molecule has 2 bridgehead atoms. The van der Waals surface area contributed by atoms with Crippen LogP contribution in [0.3, 0.4) is 0 Å². The standard InChI is InChI=1S/C21H20Cl2F2N2O3/c22-14-3-1-12(5-16(14)24)18(28)7-26-20-9-21(10-20,11-20)27-19(29)8-30-13-2-4-15(23)17(25)6-13/h1-6,18,26,28H,7-11H2,(H,27,29)/t18-,20?,21?/m1/s1. The van der Waals surface area contributed by atoms with Gasteiger partial charge in [0.1, 0.15) is 17.4 Å². The molecule has 9 heteroatoms. The zero-order valence-corrected chi connectivity index (χ0v) is 17.4. The molecule has 3 N–H and O–H groups in total. The Morgan fingerprint density at radius 1 is 1.07 bits per heavy atom. The van der Waals surface area contributed by atoms with Crippen molar-refractivity contribution in [3.63, 3.8) is 0 Å². The Balaban J connectivity index is 1.20. The first-order valence-electron chi connectivity index (χ1n) is 9.46. The summed E-state index contributed by atoms with van der Waals surface area (Å²) in [4.78, 5) is 12.2. The molecule has 30 heavy (non-hydrogen) atoms. The fourth-order valence-electron chi connectivity index (χ4n) is 4.31. The fourth-order valence-corrected chi connectivity index (χ4v) is 4.54. The van der Waals surface area contributed by atoms with Crippen LogP contribution in [0, 0.1) is 11.6 Å². The van der Waals surface area contributed by atoms with Crippen LogP contribution in [0.1, 0.15) is 30.9 Å². The van der Waals surface area contributed by atoms with Gasteiger partial charge >= 0.3 is 0 Å². The topological polar surface area (TPSA) is 70.6 Å². The number of rotatable bonds is 8. The molecular weight excluding hydrogens is 437 g/mol. The molecule has 5 nitrogen and oxygen atoms in total. The van der Waals surface area contributed by atoms with E-state index in [2.05, 4.69) is 10.6 Å².